The lowest BCUT2D eigenvalue weighted by molar-refractivity contribution is 0.696. The second kappa shape index (κ2) is 3.26. The first-order chi connectivity index (χ1) is 6.61. The Kier molecular flexibility index (Phi) is 2.21. The molecule has 1 atom stereocenters. The minimum Gasteiger partial charge on any atom is -0.329 e. The van der Waals surface area contributed by atoms with E-state index in [4.69, 9.17) is 17.3 Å². The Bertz CT molecular complexity index is 473. The zero-order chi connectivity index (χ0) is 10.3. The fraction of sp³-hybridized carbons (Fsp3) is 0.300. The highest BCUT2D eigenvalue weighted by Crippen LogP contribution is 2.25. The van der Waals surface area contributed by atoms with Gasteiger partial charge < -0.3 is 10.3 Å². The molecule has 14 heavy (non-hydrogen) atoms. The molecular formula is C10H12ClN3. The van der Waals surface area contributed by atoms with Crippen molar-refractivity contribution < 1.29 is 0 Å². The Morgan fingerprint density at radius 3 is 2.79 bits per heavy atom. The van der Waals surface area contributed by atoms with E-state index in [1.807, 2.05) is 36.7 Å². The fourth-order valence-electron chi connectivity index (χ4n) is 1.65. The number of nitrogens with zero attached hydrogens (tertiary/aromatic N) is 2. The van der Waals surface area contributed by atoms with Crippen molar-refractivity contribution in [3.8, 4) is 0 Å². The van der Waals surface area contributed by atoms with Gasteiger partial charge in [0, 0.05) is 7.05 Å². The van der Waals surface area contributed by atoms with E-state index in [9.17, 15) is 0 Å². The van der Waals surface area contributed by atoms with Gasteiger partial charge in [-0.25, -0.2) is 4.98 Å². The largest absolute Gasteiger partial charge is 0.329 e. The average Bonchev–Trinajstić information content (AvgIpc) is 2.45. The SMILES string of the molecule is CC(N)c1nc2cccc(Cl)c2n1C. The number of benzene rings is 1. The Morgan fingerprint density at radius 1 is 1.50 bits per heavy atom. The number of aromatic nitrogens is 2. The molecule has 1 heterocycles. The molecule has 4 heteroatoms. The number of fused-ring (bicyclic) bond motifs is 1. The van der Waals surface area contributed by atoms with E-state index >= 15 is 0 Å². The summed E-state index contributed by atoms with van der Waals surface area (Å²) in [5.74, 6) is 0.855. The van der Waals surface area contributed by atoms with E-state index in [2.05, 4.69) is 4.98 Å². The van der Waals surface area contributed by atoms with E-state index in [1.165, 1.54) is 0 Å². The fourth-order valence-corrected chi connectivity index (χ4v) is 1.94. The van der Waals surface area contributed by atoms with E-state index < -0.39 is 0 Å². The van der Waals surface area contributed by atoms with Crippen molar-refractivity contribution in [2.45, 2.75) is 13.0 Å². The molecular weight excluding hydrogens is 198 g/mol. The van der Waals surface area contributed by atoms with E-state index in [1.54, 1.807) is 0 Å². The first kappa shape index (κ1) is 9.49. The molecule has 3 nitrogen and oxygen atoms in total. The van der Waals surface area contributed by atoms with Crippen molar-refractivity contribution in [2.75, 3.05) is 0 Å². The number of hydrogen-bond donors (Lipinski definition) is 1. The molecule has 0 saturated heterocycles. The molecule has 74 valence electrons. The summed E-state index contributed by atoms with van der Waals surface area (Å²) in [7, 11) is 1.93. The lowest BCUT2D eigenvalue weighted by Crippen LogP contribution is -2.11. The van der Waals surface area contributed by atoms with Gasteiger partial charge in [-0.2, -0.15) is 0 Å². The van der Waals surface area contributed by atoms with Gasteiger partial charge in [0.15, 0.2) is 0 Å². The summed E-state index contributed by atoms with van der Waals surface area (Å²) >= 11 is 6.08. The smallest absolute Gasteiger partial charge is 0.126 e. The predicted molar refractivity (Wildman–Crippen MR) is 58.3 cm³/mol. The highest BCUT2D eigenvalue weighted by Gasteiger charge is 2.12. The molecule has 2 N–H and O–H groups in total. The maximum absolute atomic E-state index is 6.08. The number of nitrogens with two attached hydrogens (primary N) is 1. The topological polar surface area (TPSA) is 43.8 Å². The van der Waals surface area contributed by atoms with Crippen LogP contribution < -0.4 is 5.73 Å². The van der Waals surface area contributed by atoms with Crippen molar-refractivity contribution in [2.24, 2.45) is 12.8 Å². The monoisotopic (exact) mass is 209 g/mol. The van der Waals surface area contributed by atoms with Gasteiger partial charge in [0.2, 0.25) is 0 Å². The first-order valence-electron chi connectivity index (χ1n) is 4.47. The third-order valence-electron chi connectivity index (χ3n) is 2.29. The highest BCUT2D eigenvalue weighted by molar-refractivity contribution is 6.35. The number of rotatable bonds is 1. The Hall–Kier alpha value is -1.06. The number of para-hydroxylation sites is 1. The normalized spacial score (nSPS) is 13.4. The summed E-state index contributed by atoms with van der Waals surface area (Å²) in [6, 6.07) is 5.61. The minimum atomic E-state index is -0.0801. The van der Waals surface area contributed by atoms with Crippen LogP contribution in [0.4, 0.5) is 0 Å². The zero-order valence-corrected chi connectivity index (χ0v) is 8.92. The maximum atomic E-state index is 6.08. The minimum absolute atomic E-state index is 0.0801. The third-order valence-corrected chi connectivity index (χ3v) is 2.59. The zero-order valence-electron chi connectivity index (χ0n) is 8.16. The molecule has 2 aromatic rings. The molecule has 2 rings (SSSR count). The van der Waals surface area contributed by atoms with E-state index in [-0.39, 0.29) is 6.04 Å². The molecule has 1 aromatic carbocycles. The maximum Gasteiger partial charge on any atom is 0.126 e. The molecule has 0 saturated carbocycles. The van der Waals surface area contributed by atoms with Crippen LogP contribution in [-0.2, 0) is 7.05 Å². The van der Waals surface area contributed by atoms with Crippen LogP contribution >= 0.6 is 11.6 Å². The quantitative estimate of drug-likeness (QED) is 0.783. The van der Waals surface area contributed by atoms with Crippen LogP contribution in [0.1, 0.15) is 18.8 Å². The van der Waals surface area contributed by atoms with Crippen LogP contribution in [0.25, 0.3) is 11.0 Å². The highest BCUT2D eigenvalue weighted by atomic mass is 35.5. The average molecular weight is 210 g/mol. The summed E-state index contributed by atoms with van der Waals surface area (Å²) in [4.78, 5) is 4.43. The first-order valence-corrected chi connectivity index (χ1v) is 4.85. The van der Waals surface area contributed by atoms with Crippen LogP contribution in [0.3, 0.4) is 0 Å². The standard InChI is InChI=1S/C10H12ClN3/c1-6(12)10-13-8-5-3-4-7(11)9(8)14(10)2/h3-6H,12H2,1-2H3. The number of imidazole rings is 1. The number of hydrogen-bond acceptors (Lipinski definition) is 2. The molecule has 0 aliphatic heterocycles. The molecule has 1 unspecified atom stereocenters. The molecule has 0 aliphatic carbocycles. The van der Waals surface area contributed by atoms with Crippen LogP contribution in [-0.4, -0.2) is 9.55 Å². The predicted octanol–water partition coefficient (Wildman–Crippen LogP) is 2.25. The Morgan fingerprint density at radius 2 is 2.21 bits per heavy atom. The number of aryl methyl sites for hydroxylation is 1. The van der Waals surface area contributed by atoms with Gasteiger partial charge in [0.05, 0.1) is 22.1 Å². The van der Waals surface area contributed by atoms with E-state index in [0.29, 0.717) is 5.02 Å². The van der Waals surface area contributed by atoms with Crippen molar-refractivity contribution >= 4 is 22.6 Å². The van der Waals surface area contributed by atoms with Crippen LogP contribution in [0.5, 0.6) is 0 Å². The van der Waals surface area contributed by atoms with E-state index in [0.717, 1.165) is 16.9 Å². The van der Waals surface area contributed by atoms with Gasteiger partial charge in [-0.15, -0.1) is 0 Å². The van der Waals surface area contributed by atoms with Crippen LogP contribution in [0.15, 0.2) is 18.2 Å². The molecule has 0 aliphatic rings. The second-order valence-electron chi connectivity index (χ2n) is 3.43. The summed E-state index contributed by atoms with van der Waals surface area (Å²) < 4.78 is 1.95. The van der Waals surface area contributed by atoms with Gasteiger partial charge in [-0.3, -0.25) is 0 Å². The third kappa shape index (κ3) is 1.29. The number of halogens is 1. The van der Waals surface area contributed by atoms with Crippen molar-refractivity contribution in [1.82, 2.24) is 9.55 Å². The Labute approximate surface area is 87.5 Å². The van der Waals surface area contributed by atoms with Gasteiger partial charge in [-0.1, -0.05) is 17.7 Å². The molecule has 0 radical (unpaired) electrons. The van der Waals surface area contributed by atoms with Gasteiger partial charge in [0.25, 0.3) is 0 Å². The summed E-state index contributed by atoms with van der Waals surface area (Å²) in [6.45, 7) is 1.91. The molecule has 0 spiro atoms. The summed E-state index contributed by atoms with van der Waals surface area (Å²) in [5.41, 5.74) is 7.64. The molecule has 0 fully saturated rings. The van der Waals surface area contributed by atoms with Crippen molar-refractivity contribution in [1.29, 1.82) is 0 Å². The summed E-state index contributed by atoms with van der Waals surface area (Å²) in [6.07, 6.45) is 0. The van der Waals surface area contributed by atoms with Crippen molar-refractivity contribution in [3.05, 3.63) is 29.0 Å². The lowest BCUT2D eigenvalue weighted by Gasteiger charge is -2.05. The summed E-state index contributed by atoms with van der Waals surface area (Å²) in [5, 5.41) is 0.712. The van der Waals surface area contributed by atoms with Crippen LogP contribution in [0.2, 0.25) is 5.02 Å². The van der Waals surface area contributed by atoms with Gasteiger partial charge in [-0.05, 0) is 19.1 Å². The Balaban J connectivity index is 2.81. The van der Waals surface area contributed by atoms with Gasteiger partial charge >= 0.3 is 0 Å². The van der Waals surface area contributed by atoms with Gasteiger partial charge in [0.1, 0.15) is 5.82 Å². The lowest BCUT2D eigenvalue weighted by atomic mass is 10.3. The molecule has 0 amide bonds. The molecule has 1 aromatic heterocycles. The molecule has 0 bridgehead atoms. The van der Waals surface area contributed by atoms with Crippen molar-refractivity contribution in [3.63, 3.8) is 0 Å². The second-order valence-corrected chi connectivity index (χ2v) is 3.83. The van der Waals surface area contributed by atoms with Crippen LogP contribution in [0, 0.1) is 0 Å².